The molecule has 0 bridgehead atoms. The van der Waals surface area contributed by atoms with E-state index in [2.05, 4.69) is 4.90 Å². The first kappa shape index (κ1) is 15.5. The molecule has 0 aliphatic carbocycles. The van der Waals surface area contributed by atoms with Crippen molar-refractivity contribution in [1.29, 1.82) is 0 Å². The third kappa shape index (κ3) is 3.42. The maximum Gasteiger partial charge on any atom is 0.156 e. The fraction of sp³-hybridized carbons (Fsp3) is 0.588. The summed E-state index contributed by atoms with van der Waals surface area (Å²) in [4.78, 5) is 15.0. The van der Waals surface area contributed by atoms with Crippen molar-refractivity contribution in [3.8, 4) is 0 Å². The second-order valence-corrected chi connectivity index (χ2v) is 6.71. The monoisotopic (exact) mass is 293 g/mol. The van der Waals surface area contributed by atoms with E-state index in [1.54, 1.807) is 0 Å². The Bertz CT molecular complexity index is 490. The number of halogens is 1. The summed E-state index contributed by atoms with van der Waals surface area (Å²) in [5.74, 6) is 0.255. The van der Waals surface area contributed by atoms with Crippen LogP contribution in [0.1, 0.15) is 44.2 Å². The number of benzene rings is 1. The zero-order valence-electron chi connectivity index (χ0n) is 12.7. The van der Waals surface area contributed by atoms with Gasteiger partial charge in [-0.25, -0.2) is 0 Å². The Morgan fingerprint density at radius 3 is 2.50 bits per heavy atom. The molecule has 1 aromatic carbocycles. The number of hydrogen-bond acceptors (Lipinski definition) is 2. The van der Waals surface area contributed by atoms with Crippen molar-refractivity contribution in [1.82, 2.24) is 4.90 Å². The zero-order valence-corrected chi connectivity index (χ0v) is 13.5. The molecule has 1 aliphatic heterocycles. The topological polar surface area (TPSA) is 20.3 Å². The molecule has 2 rings (SSSR count). The van der Waals surface area contributed by atoms with Crippen molar-refractivity contribution in [2.24, 2.45) is 0 Å². The molecule has 1 aliphatic rings. The summed E-state index contributed by atoms with van der Waals surface area (Å²) in [5, 5.41) is 0.702. The number of hydrogen-bond donors (Lipinski definition) is 0. The van der Waals surface area contributed by atoms with Crippen LogP contribution in [0.15, 0.2) is 18.2 Å². The van der Waals surface area contributed by atoms with Crippen LogP contribution in [-0.2, 0) is 11.2 Å². The number of aryl methyl sites for hydroxylation is 1. The third-order valence-electron chi connectivity index (χ3n) is 4.39. The van der Waals surface area contributed by atoms with Crippen LogP contribution in [0.4, 0.5) is 0 Å². The normalized spacial score (nSPS) is 17.2. The zero-order chi connectivity index (χ0) is 14.8. The predicted molar refractivity (Wildman–Crippen MR) is 84.4 cm³/mol. The minimum Gasteiger partial charge on any atom is -0.297 e. The first-order chi connectivity index (χ1) is 9.41. The highest BCUT2D eigenvalue weighted by Crippen LogP contribution is 2.25. The van der Waals surface area contributed by atoms with Crippen LogP contribution in [-0.4, -0.2) is 29.3 Å². The molecule has 0 saturated carbocycles. The smallest absolute Gasteiger partial charge is 0.156 e. The second-order valence-electron chi connectivity index (χ2n) is 6.30. The maximum absolute atomic E-state index is 12.7. The Kier molecular flexibility index (Phi) is 4.87. The van der Waals surface area contributed by atoms with Crippen LogP contribution in [0.2, 0.25) is 5.02 Å². The van der Waals surface area contributed by atoms with Crippen LogP contribution in [0.25, 0.3) is 0 Å². The van der Waals surface area contributed by atoms with E-state index >= 15 is 0 Å². The van der Waals surface area contributed by atoms with Gasteiger partial charge in [0.05, 0.1) is 5.54 Å². The molecule has 1 aromatic rings. The van der Waals surface area contributed by atoms with E-state index in [0.717, 1.165) is 24.2 Å². The summed E-state index contributed by atoms with van der Waals surface area (Å²) in [6.07, 6.45) is 4.09. The SMILES string of the molecule is Cc1ccc(CC(=O)C(C)(C)N2CCCCC2)c(Cl)c1. The number of carbonyl (C=O) groups excluding carboxylic acids is 1. The quantitative estimate of drug-likeness (QED) is 0.835. The van der Waals surface area contributed by atoms with Crippen LogP contribution in [0, 0.1) is 6.92 Å². The van der Waals surface area contributed by atoms with Gasteiger partial charge in [0.25, 0.3) is 0 Å². The van der Waals surface area contributed by atoms with Gasteiger partial charge in [0.2, 0.25) is 0 Å². The second kappa shape index (κ2) is 6.28. The summed E-state index contributed by atoms with van der Waals surface area (Å²) in [6, 6.07) is 5.92. The molecule has 0 atom stereocenters. The first-order valence-electron chi connectivity index (χ1n) is 7.44. The number of rotatable bonds is 4. The molecule has 20 heavy (non-hydrogen) atoms. The van der Waals surface area contributed by atoms with Gasteiger partial charge >= 0.3 is 0 Å². The molecule has 1 saturated heterocycles. The highest BCUT2D eigenvalue weighted by molar-refractivity contribution is 6.31. The Hall–Kier alpha value is -0.860. The largest absolute Gasteiger partial charge is 0.297 e. The Balaban J connectivity index is 2.09. The van der Waals surface area contributed by atoms with Gasteiger partial charge in [-0.2, -0.15) is 0 Å². The first-order valence-corrected chi connectivity index (χ1v) is 7.82. The van der Waals surface area contributed by atoms with E-state index in [-0.39, 0.29) is 5.78 Å². The predicted octanol–water partition coefficient (Wildman–Crippen LogP) is 4.02. The highest BCUT2D eigenvalue weighted by Gasteiger charge is 2.34. The van der Waals surface area contributed by atoms with Crippen molar-refractivity contribution in [2.45, 2.75) is 52.0 Å². The lowest BCUT2D eigenvalue weighted by Gasteiger charge is -2.39. The molecule has 0 aromatic heterocycles. The molecule has 0 N–H and O–H groups in total. The Morgan fingerprint density at radius 2 is 1.90 bits per heavy atom. The molecule has 1 heterocycles. The van der Waals surface area contributed by atoms with Crippen LogP contribution < -0.4 is 0 Å². The molecule has 3 heteroatoms. The van der Waals surface area contributed by atoms with Gasteiger partial charge in [-0.1, -0.05) is 30.2 Å². The lowest BCUT2D eigenvalue weighted by molar-refractivity contribution is -0.129. The van der Waals surface area contributed by atoms with E-state index in [1.807, 2.05) is 39.0 Å². The molecule has 2 nitrogen and oxygen atoms in total. The molecule has 110 valence electrons. The van der Waals surface area contributed by atoms with Crippen LogP contribution >= 0.6 is 11.6 Å². The van der Waals surface area contributed by atoms with Gasteiger partial charge in [-0.15, -0.1) is 0 Å². The van der Waals surface area contributed by atoms with Gasteiger partial charge in [-0.05, 0) is 63.9 Å². The highest BCUT2D eigenvalue weighted by atomic mass is 35.5. The number of carbonyl (C=O) groups is 1. The number of Topliss-reactive ketones (excluding diaryl/α,β-unsaturated/α-hetero) is 1. The lowest BCUT2D eigenvalue weighted by atomic mass is 9.90. The van der Waals surface area contributed by atoms with E-state index in [0.29, 0.717) is 11.4 Å². The molecule has 0 amide bonds. The fourth-order valence-corrected chi connectivity index (χ4v) is 3.12. The molecular formula is C17H24ClNO. The van der Waals surface area contributed by atoms with Crippen molar-refractivity contribution < 1.29 is 4.79 Å². The molecule has 0 spiro atoms. The molecule has 0 unspecified atom stereocenters. The Labute approximate surface area is 127 Å². The summed E-state index contributed by atoms with van der Waals surface area (Å²) in [5.41, 5.74) is 1.67. The average Bonchev–Trinajstić information content (AvgIpc) is 2.42. The minimum absolute atomic E-state index is 0.255. The van der Waals surface area contributed by atoms with Gasteiger partial charge in [0, 0.05) is 11.4 Å². The van der Waals surface area contributed by atoms with Crippen molar-refractivity contribution >= 4 is 17.4 Å². The minimum atomic E-state index is -0.394. The van der Waals surface area contributed by atoms with Crippen molar-refractivity contribution in [3.05, 3.63) is 34.3 Å². The van der Waals surface area contributed by atoms with E-state index in [9.17, 15) is 4.79 Å². The number of nitrogens with zero attached hydrogens (tertiary/aromatic N) is 1. The molecule has 0 radical (unpaired) electrons. The van der Waals surface area contributed by atoms with Crippen LogP contribution in [0.3, 0.4) is 0 Å². The number of likely N-dealkylation sites (tertiary alicyclic amines) is 1. The van der Waals surface area contributed by atoms with Crippen molar-refractivity contribution in [3.63, 3.8) is 0 Å². The molecular weight excluding hydrogens is 270 g/mol. The lowest BCUT2D eigenvalue weighted by Crippen LogP contribution is -2.52. The molecule has 1 fully saturated rings. The van der Waals surface area contributed by atoms with Crippen LogP contribution in [0.5, 0.6) is 0 Å². The average molecular weight is 294 g/mol. The van der Waals surface area contributed by atoms with Gasteiger partial charge in [0.1, 0.15) is 0 Å². The summed E-state index contributed by atoms with van der Waals surface area (Å²) >= 11 is 6.24. The van der Waals surface area contributed by atoms with E-state index in [4.69, 9.17) is 11.6 Å². The third-order valence-corrected chi connectivity index (χ3v) is 4.74. The Morgan fingerprint density at radius 1 is 1.25 bits per heavy atom. The fourth-order valence-electron chi connectivity index (χ4n) is 2.81. The van der Waals surface area contributed by atoms with Crippen molar-refractivity contribution in [2.75, 3.05) is 13.1 Å². The number of ketones is 1. The van der Waals surface area contributed by atoms with E-state index in [1.165, 1.54) is 19.3 Å². The summed E-state index contributed by atoms with van der Waals surface area (Å²) < 4.78 is 0. The standard InChI is InChI=1S/C17H24ClNO/c1-13-7-8-14(15(18)11-13)12-16(20)17(2,3)19-9-5-4-6-10-19/h7-8,11H,4-6,9-10,12H2,1-3H3. The van der Waals surface area contributed by atoms with Gasteiger partial charge in [0.15, 0.2) is 5.78 Å². The summed E-state index contributed by atoms with van der Waals surface area (Å²) in [6.45, 7) is 8.15. The number of piperidine rings is 1. The summed E-state index contributed by atoms with van der Waals surface area (Å²) in [7, 11) is 0. The van der Waals surface area contributed by atoms with Gasteiger partial charge < -0.3 is 0 Å². The maximum atomic E-state index is 12.7. The van der Waals surface area contributed by atoms with Gasteiger partial charge in [-0.3, -0.25) is 9.69 Å². The van der Waals surface area contributed by atoms with E-state index < -0.39 is 5.54 Å².